The summed E-state index contributed by atoms with van der Waals surface area (Å²) < 4.78 is 0. The third-order valence-electron chi connectivity index (χ3n) is 4.25. The van der Waals surface area contributed by atoms with Crippen molar-refractivity contribution in [3.8, 4) is 0 Å². The van der Waals surface area contributed by atoms with E-state index in [0.717, 1.165) is 6.42 Å². The van der Waals surface area contributed by atoms with E-state index in [1.807, 2.05) is 32.6 Å². The van der Waals surface area contributed by atoms with E-state index in [4.69, 9.17) is 0 Å². The van der Waals surface area contributed by atoms with Crippen LogP contribution in [0.1, 0.15) is 48.0 Å². The third-order valence-corrected chi connectivity index (χ3v) is 4.25. The summed E-state index contributed by atoms with van der Waals surface area (Å²) in [6.45, 7) is 12.1. The Morgan fingerprint density at radius 1 is 1.28 bits per heavy atom. The minimum atomic E-state index is -0.405. The van der Waals surface area contributed by atoms with Crippen LogP contribution < -0.4 is 5.32 Å². The van der Waals surface area contributed by atoms with Gasteiger partial charge in [-0.3, -0.25) is 9.59 Å². The second kappa shape index (κ2) is 3.72. The quantitative estimate of drug-likeness (QED) is 0.769. The Hall–Kier alpha value is -1.06. The normalized spacial score (nSPS) is 35.4. The van der Waals surface area contributed by atoms with E-state index in [-0.39, 0.29) is 34.7 Å². The van der Waals surface area contributed by atoms with Crippen molar-refractivity contribution >= 4 is 11.8 Å². The van der Waals surface area contributed by atoms with Crippen LogP contribution >= 0.6 is 0 Å². The summed E-state index contributed by atoms with van der Waals surface area (Å²) in [5, 5.41) is 2.87. The van der Waals surface area contributed by atoms with Crippen LogP contribution in [0.15, 0.2) is 0 Å². The molecule has 3 atom stereocenters. The number of carbonyl (C=O) groups is 2. The van der Waals surface area contributed by atoms with E-state index in [2.05, 4.69) is 19.2 Å². The van der Waals surface area contributed by atoms with Gasteiger partial charge in [0.1, 0.15) is 12.1 Å². The minimum absolute atomic E-state index is 0.0303. The summed E-state index contributed by atoms with van der Waals surface area (Å²) in [6.07, 6.45) is 0.993. The van der Waals surface area contributed by atoms with Gasteiger partial charge in [-0.2, -0.15) is 0 Å². The Labute approximate surface area is 109 Å². The molecular formula is C14H24N2O2. The number of nitrogens with one attached hydrogen (secondary N) is 1. The Kier molecular flexibility index (Phi) is 2.76. The average molecular weight is 252 g/mol. The maximum absolute atomic E-state index is 12.6. The second-order valence-corrected chi connectivity index (χ2v) is 7.44. The highest BCUT2D eigenvalue weighted by Gasteiger charge is 2.56. The molecule has 3 unspecified atom stereocenters. The fourth-order valence-corrected chi connectivity index (χ4v) is 2.72. The summed E-state index contributed by atoms with van der Waals surface area (Å²) in [4.78, 5) is 26.5. The molecule has 4 heteroatoms. The number of rotatable bonds is 1. The number of piperazine rings is 1. The summed E-state index contributed by atoms with van der Waals surface area (Å²) in [7, 11) is 0. The van der Waals surface area contributed by atoms with Gasteiger partial charge < -0.3 is 10.2 Å². The van der Waals surface area contributed by atoms with Gasteiger partial charge in [0.2, 0.25) is 11.8 Å². The van der Waals surface area contributed by atoms with Gasteiger partial charge in [0, 0.05) is 6.04 Å². The van der Waals surface area contributed by atoms with Crippen molar-refractivity contribution in [3.05, 3.63) is 0 Å². The van der Waals surface area contributed by atoms with Crippen molar-refractivity contribution in [2.24, 2.45) is 10.8 Å². The van der Waals surface area contributed by atoms with Crippen LogP contribution in [0.2, 0.25) is 0 Å². The van der Waals surface area contributed by atoms with Gasteiger partial charge in [0.05, 0.1) is 0 Å². The van der Waals surface area contributed by atoms with E-state index in [9.17, 15) is 9.59 Å². The highest BCUT2D eigenvalue weighted by Crippen LogP contribution is 2.50. The average Bonchev–Trinajstić information content (AvgIpc) is 2.80. The monoisotopic (exact) mass is 252 g/mol. The largest absolute Gasteiger partial charge is 0.342 e. The van der Waals surface area contributed by atoms with Crippen LogP contribution in [0.25, 0.3) is 0 Å². The van der Waals surface area contributed by atoms with Crippen molar-refractivity contribution in [2.45, 2.75) is 66.1 Å². The lowest BCUT2D eigenvalue weighted by atomic mass is 9.84. The van der Waals surface area contributed by atoms with Gasteiger partial charge in [-0.25, -0.2) is 0 Å². The molecule has 0 radical (unpaired) electrons. The molecule has 0 bridgehead atoms. The zero-order valence-electron chi connectivity index (χ0n) is 12.2. The number of nitrogens with zero attached hydrogens (tertiary/aromatic N) is 1. The van der Waals surface area contributed by atoms with Crippen molar-refractivity contribution < 1.29 is 9.59 Å². The zero-order chi connectivity index (χ0) is 13.9. The molecular weight excluding hydrogens is 228 g/mol. The summed E-state index contributed by atoms with van der Waals surface area (Å²) in [5.74, 6) is 0.0439. The molecule has 1 saturated heterocycles. The van der Waals surface area contributed by atoms with Crippen LogP contribution in [0.5, 0.6) is 0 Å². The fourth-order valence-electron chi connectivity index (χ4n) is 2.72. The molecule has 1 aliphatic heterocycles. The van der Waals surface area contributed by atoms with Crippen LogP contribution in [-0.4, -0.2) is 34.8 Å². The summed E-state index contributed by atoms with van der Waals surface area (Å²) in [6, 6.07) is -0.531. The lowest BCUT2D eigenvalue weighted by molar-refractivity contribution is -0.153. The van der Waals surface area contributed by atoms with Crippen molar-refractivity contribution in [1.82, 2.24) is 10.2 Å². The molecule has 1 saturated carbocycles. The van der Waals surface area contributed by atoms with E-state index in [0.29, 0.717) is 0 Å². The molecule has 102 valence electrons. The Balaban J connectivity index is 2.27. The molecule has 0 spiro atoms. The van der Waals surface area contributed by atoms with Gasteiger partial charge in [-0.15, -0.1) is 0 Å². The lowest BCUT2D eigenvalue weighted by Gasteiger charge is -2.43. The molecule has 4 nitrogen and oxygen atoms in total. The molecule has 0 aromatic carbocycles. The molecule has 0 aromatic rings. The van der Waals surface area contributed by atoms with Crippen molar-refractivity contribution in [1.29, 1.82) is 0 Å². The second-order valence-electron chi connectivity index (χ2n) is 7.44. The first-order chi connectivity index (χ1) is 8.05. The number of amides is 2. The van der Waals surface area contributed by atoms with Crippen LogP contribution in [0.4, 0.5) is 0 Å². The van der Waals surface area contributed by atoms with Gasteiger partial charge >= 0.3 is 0 Å². The molecule has 2 amide bonds. The van der Waals surface area contributed by atoms with E-state index in [1.165, 1.54) is 0 Å². The summed E-state index contributed by atoms with van der Waals surface area (Å²) in [5.41, 5.74) is -0.0891. The first-order valence-corrected chi connectivity index (χ1v) is 6.68. The molecule has 1 heterocycles. The van der Waals surface area contributed by atoms with Crippen LogP contribution in [0, 0.1) is 10.8 Å². The fraction of sp³-hybridized carbons (Fsp3) is 0.857. The van der Waals surface area contributed by atoms with Gasteiger partial charge in [0.25, 0.3) is 0 Å². The topological polar surface area (TPSA) is 49.4 Å². The Morgan fingerprint density at radius 3 is 2.17 bits per heavy atom. The molecule has 0 aromatic heterocycles. The lowest BCUT2D eigenvalue weighted by Crippen LogP contribution is -2.66. The molecule has 2 rings (SSSR count). The van der Waals surface area contributed by atoms with Gasteiger partial charge in [-0.05, 0) is 24.2 Å². The van der Waals surface area contributed by atoms with Gasteiger partial charge in [0.15, 0.2) is 0 Å². The number of hydrogen-bond acceptors (Lipinski definition) is 2. The third kappa shape index (κ3) is 2.02. The highest BCUT2D eigenvalue weighted by atomic mass is 16.2. The molecule has 1 aliphatic carbocycles. The van der Waals surface area contributed by atoms with E-state index >= 15 is 0 Å². The first kappa shape index (κ1) is 13.4. The predicted molar refractivity (Wildman–Crippen MR) is 69.9 cm³/mol. The van der Waals surface area contributed by atoms with Gasteiger partial charge in [-0.1, -0.05) is 34.6 Å². The maximum Gasteiger partial charge on any atom is 0.246 e. The van der Waals surface area contributed by atoms with Crippen molar-refractivity contribution in [2.75, 3.05) is 0 Å². The molecule has 18 heavy (non-hydrogen) atoms. The van der Waals surface area contributed by atoms with Crippen molar-refractivity contribution in [3.63, 3.8) is 0 Å². The molecule has 2 fully saturated rings. The van der Waals surface area contributed by atoms with Crippen LogP contribution in [-0.2, 0) is 9.59 Å². The zero-order valence-corrected chi connectivity index (χ0v) is 12.2. The summed E-state index contributed by atoms with van der Waals surface area (Å²) >= 11 is 0. The molecule has 1 N–H and O–H groups in total. The molecule has 2 aliphatic rings. The van der Waals surface area contributed by atoms with E-state index in [1.54, 1.807) is 0 Å². The standard InChI is InChI=1S/C14H24N2O2/c1-8-11(17)15-10(13(2,3)4)12(18)16(8)9-7-14(9,5)6/h8-10H,7H2,1-6H3,(H,15,17). The highest BCUT2D eigenvalue weighted by molar-refractivity contribution is 5.97. The predicted octanol–water partition coefficient (Wildman–Crippen LogP) is 1.55. The first-order valence-electron chi connectivity index (χ1n) is 6.68. The number of hydrogen-bond donors (Lipinski definition) is 1. The van der Waals surface area contributed by atoms with Crippen LogP contribution in [0.3, 0.4) is 0 Å². The number of carbonyl (C=O) groups excluding carboxylic acids is 2. The smallest absolute Gasteiger partial charge is 0.246 e. The maximum atomic E-state index is 12.6. The Bertz CT molecular complexity index is 395. The Morgan fingerprint density at radius 2 is 1.78 bits per heavy atom. The van der Waals surface area contributed by atoms with E-state index < -0.39 is 6.04 Å². The SMILES string of the molecule is CC1C(=O)NC(C(C)(C)C)C(=O)N1C1CC1(C)C. The minimum Gasteiger partial charge on any atom is -0.342 e.